The summed E-state index contributed by atoms with van der Waals surface area (Å²) in [5, 5.41) is 1.53. The summed E-state index contributed by atoms with van der Waals surface area (Å²) in [6.45, 7) is -2.88. The van der Waals surface area contributed by atoms with Gasteiger partial charge in [-0.1, -0.05) is 17.8 Å². The predicted octanol–water partition coefficient (Wildman–Crippen LogP) is 2.57. The second-order valence-corrected chi connectivity index (χ2v) is 7.57. The van der Waals surface area contributed by atoms with Gasteiger partial charge in [0.2, 0.25) is 0 Å². The molecule has 3 rings (SSSR count). The minimum absolute atomic E-state index is 0.0362. The van der Waals surface area contributed by atoms with Crippen LogP contribution in [0.4, 0.5) is 8.78 Å². The van der Waals surface area contributed by atoms with Crippen molar-refractivity contribution in [3.63, 3.8) is 0 Å². The van der Waals surface area contributed by atoms with E-state index in [0.29, 0.717) is 16.2 Å². The first kappa shape index (κ1) is 14.3. The molecular weight excluding hydrogens is 322 g/mol. The molecule has 1 aliphatic heterocycles. The van der Waals surface area contributed by atoms with Crippen LogP contribution in [0.3, 0.4) is 0 Å². The van der Waals surface area contributed by atoms with Gasteiger partial charge < -0.3 is 9.72 Å². The van der Waals surface area contributed by atoms with Crippen molar-refractivity contribution in [2.45, 2.75) is 17.0 Å². The van der Waals surface area contributed by atoms with Crippen LogP contribution in [0.15, 0.2) is 34.8 Å². The van der Waals surface area contributed by atoms with E-state index < -0.39 is 16.4 Å². The van der Waals surface area contributed by atoms with Crippen molar-refractivity contribution < 1.29 is 21.9 Å². The lowest BCUT2D eigenvalue weighted by atomic mass is 10.3. The summed E-state index contributed by atoms with van der Waals surface area (Å²) in [7, 11) is -3.11. The van der Waals surface area contributed by atoms with Gasteiger partial charge in [-0.25, -0.2) is 13.4 Å². The number of aromatic nitrogens is 2. The van der Waals surface area contributed by atoms with Gasteiger partial charge in [0.15, 0.2) is 15.0 Å². The lowest BCUT2D eigenvalue weighted by Crippen LogP contribution is -2.06. The molecule has 0 spiro atoms. The van der Waals surface area contributed by atoms with E-state index in [1.807, 2.05) is 0 Å². The predicted molar refractivity (Wildman–Crippen MR) is 75.3 cm³/mol. The van der Waals surface area contributed by atoms with Gasteiger partial charge in [-0.05, 0) is 12.1 Å². The van der Waals surface area contributed by atoms with Crippen molar-refractivity contribution >= 4 is 32.6 Å². The molecule has 2 aromatic rings. The molecule has 1 aliphatic rings. The van der Waals surface area contributed by atoms with Crippen molar-refractivity contribution in [3.05, 3.63) is 29.7 Å². The summed E-state index contributed by atoms with van der Waals surface area (Å²) in [6, 6.07) is 4.40. The molecule has 0 saturated heterocycles. The van der Waals surface area contributed by atoms with Crippen LogP contribution < -0.4 is 4.74 Å². The van der Waals surface area contributed by atoms with Gasteiger partial charge in [-0.15, -0.1) is 0 Å². The molecule has 1 aromatic heterocycles. The highest BCUT2D eigenvalue weighted by atomic mass is 32.2. The Kier molecular flexibility index (Phi) is 3.62. The maximum absolute atomic E-state index is 12.2. The first-order chi connectivity index (χ1) is 9.91. The Morgan fingerprint density at radius 3 is 2.90 bits per heavy atom. The molecule has 9 heteroatoms. The molecule has 0 radical (unpaired) electrons. The minimum Gasteiger partial charge on any atom is -0.435 e. The summed E-state index contributed by atoms with van der Waals surface area (Å²) in [6.07, 6.45) is 1.61. The highest BCUT2D eigenvalue weighted by Crippen LogP contribution is 2.29. The first-order valence-electron chi connectivity index (χ1n) is 5.93. The minimum atomic E-state index is -3.11. The third kappa shape index (κ3) is 3.35. The van der Waals surface area contributed by atoms with E-state index in [1.165, 1.54) is 29.3 Å². The van der Waals surface area contributed by atoms with Crippen LogP contribution in [0.1, 0.15) is 0 Å². The molecule has 112 valence electrons. The first-order valence-corrected chi connectivity index (χ1v) is 8.53. The molecule has 2 heterocycles. The maximum Gasteiger partial charge on any atom is 0.387 e. The molecule has 1 atom stereocenters. The molecule has 0 unspecified atom stereocenters. The molecule has 5 nitrogen and oxygen atoms in total. The highest BCUT2D eigenvalue weighted by Gasteiger charge is 2.23. The molecule has 0 fully saturated rings. The van der Waals surface area contributed by atoms with Gasteiger partial charge in [0.25, 0.3) is 0 Å². The van der Waals surface area contributed by atoms with Crippen LogP contribution in [0.2, 0.25) is 0 Å². The fraction of sp³-hybridized carbons (Fsp3) is 0.250. The Hall–Kier alpha value is -1.61. The summed E-state index contributed by atoms with van der Waals surface area (Å²) in [5.41, 5.74) is 1.16. The largest absolute Gasteiger partial charge is 0.435 e. The number of nitrogens with zero attached hydrogens (tertiary/aromatic N) is 1. The molecule has 0 saturated carbocycles. The van der Waals surface area contributed by atoms with E-state index in [4.69, 9.17) is 0 Å². The fourth-order valence-electron chi connectivity index (χ4n) is 1.96. The molecule has 21 heavy (non-hydrogen) atoms. The van der Waals surface area contributed by atoms with Crippen molar-refractivity contribution in [1.29, 1.82) is 0 Å². The second-order valence-electron chi connectivity index (χ2n) is 4.41. The molecule has 0 aliphatic carbocycles. The smallest absolute Gasteiger partial charge is 0.387 e. The van der Waals surface area contributed by atoms with Crippen molar-refractivity contribution in [2.24, 2.45) is 0 Å². The number of hydrogen-bond acceptors (Lipinski definition) is 5. The number of thioether (sulfide) groups is 1. The van der Waals surface area contributed by atoms with Crippen LogP contribution in [-0.2, 0) is 9.84 Å². The standard InChI is InChI=1S/C12H10F2N2O3S2/c13-11(14)19-7-1-2-9-10(5-7)16-12(15-9)20-8-3-4-21(17,18)6-8/h1-5,8,11H,6H2,(H,15,16)/t8-/m1/s1. The SMILES string of the molecule is O=S1(=O)C=C[C@@H](Sc2nc3ccc(OC(F)F)cc3[nH]2)C1. The Labute approximate surface area is 123 Å². The number of alkyl halides is 2. The number of aromatic amines is 1. The van der Waals surface area contributed by atoms with E-state index in [0.717, 1.165) is 0 Å². The number of H-pyrrole nitrogens is 1. The fourth-order valence-corrected chi connectivity index (χ4v) is 4.78. The van der Waals surface area contributed by atoms with Crippen molar-refractivity contribution in [1.82, 2.24) is 9.97 Å². The molecule has 0 amide bonds. The number of imidazole rings is 1. The number of nitrogens with one attached hydrogen (secondary N) is 1. The third-order valence-electron chi connectivity index (χ3n) is 2.82. The van der Waals surface area contributed by atoms with Gasteiger partial charge in [0, 0.05) is 16.7 Å². The van der Waals surface area contributed by atoms with E-state index in [-0.39, 0.29) is 16.8 Å². The van der Waals surface area contributed by atoms with E-state index in [2.05, 4.69) is 14.7 Å². The van der Waals surface area contributed by atoms with Crippen molar-refractivity contribution in [2.75, 3.05) is 5.75 Å². The maximum atomic E-state index is 12.2. The Bertz CT molecular complexity index is 802. The molecular formula is C12H10F2N2O3S2. The Morgan fingerprint density at radius 1 is 1.43 bits per heavy atom. The summed E-state index contributed by atoms with van der Waals surface area (Å²) in [4.78, 5) is 7.24. The lowest BCUT2D eigenvalue weighted by Gasteiger charge is -2.03. The summed E-state index contributed by atoms with van der Waals surface area (Å²) >= 11 is 1.28. The van der Waals surface area contributed by atoms with Crippen LogP contribution >= 0.6 is 11.8 Å². The zero-order chi connectivity index (χ0) is 15.0. The van der Waals surface area contributed by atoms with Crippen molar-refractivity contribution in [3.8, 4) is 5.75 Å². The number of hydrogen-bond donors (Lipinski definition) is 1. The van der Waals surface area contributed by atoms with Crippen LogP contribution in [0, 0.1) is 0 Å². The van der Waals surface area contributed by atoms with Crippen LogP contribution in [0.25, 0.3) is 11.0 Å². The average molecular weight is 332 g/mol. The zero-order valence-electron chi connectivity index (χ0n) is 10.5. The summed E-state index contributed by atoms with van der Waals surface area (Å²) < 4.78 is 51.3. The highest BCUT2D eigenvalue weighted by molar-refractivity contribution is 8.02. The van der Waals surface area contributed by atoms with E-state index in [9.17, 15) is 17.2 Å². The van der Waals surface area contributed by atoms with Crippen LogP contribution in [0.5, 0.6) is 5.75 Å². The van der Waals surface area contributed by atoms with Gasteiger partial charge in [0.1, 0.15) is 5.75 Å². The topological polar surface area (TPSA) is 72.1 Å². The van der Waals surface area contributed by atoms with E-state index >= 15 is 0 Å². The van der Waals surface area contributed by atoms with Gasteiger partial charge in [-0.3, -0.25) is 0 Å². The quantitative estimate of drug-likeness (QED) is 0.932. The number of rotatable bonds is 4. The number of sulfone groups is 1. The lowest BCUT2D eigenvalue weighted by molar-refractivity contribution is -0.0497. The number of fused-ring (bicyclic) bond motifs is 1. The Morgan fingerprint density at radius 2 is 2.24 bits per heavy atom. The number of ether oxygens (including phenoxy) is 1. The van der Waals surface area contributed by atoms with Gasteiger partial charge in [0.05, 0.1) is 16.8 Å². The molecule has 0 bridgehead atoms. The average Bonchev–Trinajstić information content (AvgIpc) is 2.91. The molecule has 1 aromatic carbocycles. The van der Waals surface area contributed by atoms with Crippen LogP contribution in [-0.4, -0.2) is 36.0 Å². The third-order valence-corrected chi connectivity index (χ3v) is 5.47. The van der Waals surface area contributed by atoms with E-state index in [1.54, 1.807) is 12.1 Å². The normalized spacial score (nSPS) is 20.4. The monoisotopic (exact) mass is 332 g/mol. The second kappa shape index (κ2) is 5.30. The number of benzene rings is 1. The van der Waals surface area contributed by atoms with Gasteiger partial charge in [-0.2, -0.15) is 8.78 Å². The zero-order valence-corrected chi connectivity index (χ0v) is 12.1. The molecule has 1 N–H and O–H groups in total. The summed E-state index contributed by atoms with van der Waals surface area (Å²) in [5.74, 6) is 0.0788. The van der Waals surface area contributed by atoms with Gasteiger partial charge >= 0.3 is 6.61 Å². The Balaban J connectivity index is 1.80. The number of halogens is 2.